The lowest BCUT2D eigenvalue weighted by Crippen LogP contribution is -2.44. The number of hydrogen-bond acceptors (Lipinski definition) is 4. The number of carbonyl (C=O) groups excluding carboxylic acids is 1. The van der Waals surface area contributed by atoms with Gasteiger partial charge in [0.1, 0.15) is 11.9 Å². The second-order valence-corrected chi connectivity index (χ2v) is 6.16. The van der Waals surface area contributed by atoms with Gasteiger partial charge in [0.15, 0.2) is 6.10 Å². The van der Waals surface area contributed by atoms with Crippen LogP contribution in [0.1, 0.15) is 23.5 Å². The third-order valence-electron chi connectivity index (χ3n) is 3.81. The summed E-state index contributed by atoms with van der Waals surface area (Å²) in [6, 6.07) is 2.51. The zero-order valence-electron chi connectivity index (χ0n) is 12.4. The monoisotopic (exact) mass is 373 g/mol. The summed E-state index contributed by atoms with van der Waals surface area (Å²) in [7, 11) is 0. The number of halogens is 3. The Morgan fingerprint density at radius 2 is 2.25 bits per heavy atom. The maximum atomic E-state index is 13.7. The van der Waals surface area contributed by atoms with Crippen molar-refractivity contribution in [2.45, 2.75) is 12.2 Å². The number of ether oxygens (including phenoxy) is 1. The number of rotatable bonds is 3. The van der Waals surface area contributed by atoms with E-state index in [4.69, 9.17) is 27.9 Å². The van der Waals surface area contributed by atoms with Crippen LogP contribution in [0, 0.1) is 5.82 Å². The summed E-state index contributed by atoms with van der Waals surface area (Å²) in [6.45, 7) is 0.700. The molecule has 2 N–H and O–H groups in total. The van der Waals surface area contributed by atoms with Crippen molar-refractivity contribution in [3.05, 3.63) is 51.8 Å². The number of benzene rings is 1. The zero-order valence-corrected chi connectivity index (χ0v) is 13.9. The number of imidazole rings is 1. The number of aliphatic hydroxyl groups excluding tert-OH is 1. The molecule has 0 spiro atoms. The number of hydrogen-bond donors (Lipinski definition) is 2. The number of morpholine rings is 1. The minimum atomic E-state index is -1.34. The molecule has 2 heterocycles. The summed E-state index contributed by atoms with van der Waals surface area (Å²) in [5.41, 5.74) is 0.714. The molecular weight excluding hydrogens is 360 g/mol. The first-order chi connectivity index (χ1) is 11.5. The predicted octanol–water partition coefficient (Wildman–Crippen LogP) is 2.49. The Labute approximate surface area is 147 Å². The first-order valence-electron chi connectivity index (χ1n) is 7.18. The van der Waals surface area contributed by atoms with Crippen molar-refractivity contribution in [2.75, 3.05) is 19.7 Å². The van der Waals surface area contributed by atoms with E-state index in [-0.39, 0.29) is 23.2 Å². The molecule has 6 nitrogen and oxygen atoms in total. The molecule has 0 saturated carbocycles. The molecular formula is C15H14Cl2FN3O3. The van der Waals surface area contributed by atoms with E-state index in [1.807, 2.05) is 0 Å². The lowest BCUT2D eigenvalue weighted by molar-refractivity contribution is -0.148. The largest absolute Gasteiger partial charge is 0.377 e. The first kappa shape index (κ1) is 17.2. The van der Waals surface area contributed by atoms with Crippen molar-refractivity contribution >= 4 is 29.1 Å². The summed E-state index contributed by atoms with van der Waals surface area (Å²) >= 11 is 11.8. The molecule has 1 aromatic carbocycles. The molecule has 1 saturated heterocycles. The number of aromatic amines is 1. The highest BCUT2D eigenvalue weighted by atomic mass is 35.5. The SMILES string of the molecule is O=C(C(O)c1cnc[nH]1)N1CCOC(c2cc(F)c(Cl)cc2Cl)C1. The topological polar surface area (TPSA) is 78.4 Å². The van der Waals surface area contributed by atoms with Crippen LogP contribution in [0.2, 0.25) is 10.0 Å². The summed E-state index contributed by atoms with van der Waals surface area (Å²) in [5.74, 6) is -1.10. The van der Waals surface area contributed by atoms with E-state index in [9.17, 15) is 14.3 Å². The molecule has 0 aliphatic carbocycles. The highest BCUT2D eigenvalue weighted by molar-refractivity contribution is 6.35. The fourth-order valence-corrected chi connectivity index (χ4v) is 3.05. The summed E-state index contributed by atoms with van der Waals surface area (Å²) in [4.78, 5) is 20.3. The second kappa shape index (κ2) is 7.06. The molecule has 2 unspecified atom stereocenters. The van der Waals surface area contributed by atoms with Gasteiger partial charge in [-0.3, -0.25) is 4.79 Å². The van der Waals surface area contributed by atoms with Gasteiger partial charge in [-0.05, 0) is 12.1 Å². The molecule has 1 aliphatic rings. The molecule has 2 aromatic rings. The standard InChI is InChI=1S/C15H14Cl2FN3O3/c16-9-4-10(17)11(18)3-8(9)13-6-21(1-2-24-13)15(23)14(22)12-5-19-7-20-12/h3-5,7,13-14,22H,1-2,6H2,(H,19,20). The molecule has 3 rings (SSSR count). The van der Waals surface area contributed by atoms with E-state index in [1.165, 1.54) is 29.6 Å². The Kier molecular flexibility index (Phi) is 5.05. The normalized spacial score (nSPS) is 19.3. The van der Waals surface area contributed by atoms with Crippen LogP contribution in [-0.4, -0.2) is 45.6 Å². The number of amides is 1. The van der Waals surface area contributed by atoms with Crippen molar-refractivity contribution < 1.29 is 19.0 Å². The summed E-state index contributed by atoms with van der Waals surface area (Å²) < 4.78 is 19.3. The number of carbonyl (C=O) groups is 1. The van der Waals surface area contributed by atoms with Crippen LogP contribution in [-0.2, 0) is 9.53 Å². The van der Waals surface area contributed by atoms with Gasteiger partial charge >= 0.3 is 0 Å². The van der Waals surface area contributed by atoms with Gasteiger partial charge in [-0.25, -0.2) is 9.37 Å². The molecule has 0 bridgehead atoms. The highest BCUT2D eigenvalue weighted by Crippen LogP contribution is 2.32. The van der Waals surface area contributed by atoms with Crippen LogP contribution in [0.4, 0.5) is 4.39 Å². The highest BCUT2D eigenvalue weighted by Gasteiger charge is 2.31. The van der Waals surface area contributed by atoms with Crippen LogP contribution >= 0.6 is 23.2 Å². The Morgan fingerprint density at radius 3 is 2.96 bits per heavy atom. The van der Waals surface area contributed by atoms with Gasteiger partial charge in [0.05, 0.1) is 36.4 Å². The number of nitrogens with zero attached hydrogens (tertiary/aromatic N) is 2. The molecule has 128 valence electrons. The predicted molar refractivity (Wildman–Crippen MR) is 85.2 cm³/mol. The minimum Gasteiger partial charge on any atom is -0.377 e. The van der Waals surface area contributed by atoms with Crippen LogP contribution in [0.5, 0.6) is 0 Å². The average molecular weight is 374 g/mol. The van der Waals surface area contributed by atoms with E-state index in [0.717, 1.165) is 0 Å². The molecule has 9 heteroatoms. The molecule has 1 fully saturated rings. The Bertz CT molecular complexity index is 742. The van der Waals surface area contributed by atoms with E-state index in [1.54, 1.807) is 0 Å². The molecule has 24 heavy (non-hydrogen) atoms. The van der Waals surface area contributed by atoms with E-state index < -0.39 is 23.9 Å². The zero-order chi connectivity index (χ0) is 17.3. The maximum absolute atomic E-state index is 13.7. The van der Waals surface area contributed by atoms with Crippen LogP contribution in [0.3, 0.4) is 0 Å². The van der Waals surface area contributed by atoms with Gasteiger partial charge in [-0.15, -0.1) is 0 Å². The summed E-state index contributed by atoms with van der Waals surface area (Å²) in [5, 5.41) is 10.3. The van der Waals surface area contributed by atoms with Crippen molar-refractivity contribution in [3.63, 3.8) is 0 Å². The van der Waals surface area contributed by atoms with Gasteiger partial charge in [0.25, 0.3) is 5.91 Å². The number of aliphatic hydroxyl groups is 1. The molecule has 1 aliphatic heterocycles. The fraction of sp³-hybridized carbons (Fsp3) is 0.333. The number of nitrogens with one attached hydrogen (secondary N) is 1. The summed E-state index contributed by atoms with van der Waals surface area (Å²) in [6.07, 6.45) is 0.815. The Balaban J connectivity index is 1.77. The van der Waals surface area contributed by atoms with E-state index >= 15 is 0 Å². The van der Waals surface area contributed by atoms with Crippen LogP contribution < -0.4 is 0 Å². The van der Waals surface area contributed by atoms with Crippen LogP contribution in [0.15, 0.2) is 24.7 Å². The van der Waals surface area contributed by atoms with Gasteiger partial charge in [0.2, 0.25) is 0 Å². The fourth-order valence-electron chi connectivity index (χ4n) is 2.54. The minimum absolute atomic E-state index is 0.0813. The van der Waals surface area contributed by atoms with Gasteiger partial charge in [-0.2, -0.15) is 0 Å². The third kappa shape index (κ3) is 3.39. The maximum Gasteiger partial charge on any atom is 0.257 e. The quantitative estimate of drug-likeness (QED) is 0.810. The molecule has 0 radical (unpaired) electrons. The second-order valence-electron chi connectivity index (χ2n) is 5.34. The Hall–Kier alpha value is -1.67. The van der Waals surface area contributed by atoms with Gasteiger partial charge < -0.3 is 19.7 Å². The van der Waals surface area contributed by atoms with Gasteiger partial charge in [-0.1, -0.05) is 23.2 Å². The average Bonchev–Trinajstić information content (AvgIpc) is 3.11. The Morgan fingerprint density at radius 1 is 1.46 bits per heavy atom. The van der Waals surface area contributed by atoms with Crippen molar-refractivity contribution in [3.8, 4) is 0 Å². The van der Waals surface area contributed by atoms with Gasteiger partial charge in [0, 0.05) is 17.1 Å². The third-order valence-corrected chi connectivity index (χ3v) is 4.43. The lowest BCUT2D eigenvalue weighted by atomic mass is 10.1. The number of H-pyrrole nitrogens is 1. The van der Waals surface area contributed by atoms with Crippen molar-refractivity contribution in [1.29, 1.82) is 0 Å². The van der Waals surface area contributed by atoms with E-state index in [2.05, 4.69) is 9.97 Å². The smallest absolute Gasteiger partial charge is 0.257 e. The van der Waals surface area contributed by atoms with Crippen molar-refractivity contribution in [1.82, 2.24) is 14.9 Å². The van der Waals surface area contributed by atoms with E-state index in [0.29, 0.717) is 17.8 Å². The number of aromatic nitrogens is 2. The molecule has 1 amide bonds. The molecule has 2 atom stereocenters. The van der Waals surface area contributed by atoms with Crippen molar-refractivity contribution in [2.24, 2.45) is 0 Å². The molecule has 1 aromatic heterocycles. The van der Waals surface area contributed by atoms with Crippen LogP contribution in [0.25, 0.3) is 0 Å². The lowest BCUT2D eigenvalue weighted by Gasteiger charge is -2.34. The first-order valence-corrected chi connectivity index (χ1v) is 7.94.